The van der Waals surface area contributed by atoms with Gasteiger partial charge in [-0.2, -0.15) is 0 Å². The number of anilines is 1. The Bertz CT molecular complexity index is 1030. The van der Waals surface area contributed by atoms with Gasteiger partial charge in [0.2, 0.25) is 3.79 Å². The molecule has 0 fully saturated rings. The molecule has 9 heteroatoms. The zero-order valence-electron chi connectivity index (χ0n) is 14.2. The van der Waals surface area contributed by atoms with Gasteiger partial charge in [0, 0.05) is 17.1 Å². The molecule has 3 aromatic rings. The number of benzene rings is 3. The number of hydrogen-bond donors (Lipinski definition) is 2. The third-order valence-electron chi connectivity index (χ3n) is 4.04. The molecule has 0 aromatic heterocycles. The summed E-state index contributed by atoms with van der Waals surface area (Å²) < 4.78 is -1.92. The van der Waals surface area contributed by atoms with Gasteiger partial charge in [0.05, 0.1) is 4.92 Å². The summed E-state index contributed by atoms with van der Waals surface area (Å²) in [4.78, 5) is 23.2. The molecular weight excluding hydrogens is 425 g/mol. The number of nitrogens with one attached hydrogen (secondary N) is 2. The van der Waals surface area contributed by atoms with E-state index in [4.69, 9.17) is 34.8 Å². The zero-order valence-corrected chi connectivity index (χ0v) is 16.5. The van der Waals surface area contributed by atoms with Crippen LogP contribution >= 0.6 is 34.8 Å². The summed E-state index contributed by atoms with van der Waals surface area (Å²) >= 11 is 18.2. The van der Waals surface area contributed by atoms with Crippen LogP contribution in [0.5, 0.6) is 0 Å². The fourth-order valence-electron chi connectivity index (χ4n) is 2.74. The lowest BCUT2D eigenvalue weighted by atomic mass is 10.1. The lowest BCUT2D eigenvalue weighted by Gasteiger charge is -2.28. The van der Waals surface area contributed by atoms with Crippen LogP contribution in [0.15, 0.2) is 66.7 Å². The average Bonchev–Trinajstić information content (AvgIpc) is 2.66. The van der Waals surface area contributed by atoms with Gasteiger partial charge in [-0.1, -0.05) is 83.3 Å². The van der Waals surface area contributed by atoms with Crippen LogP contribution in [0.3, 0.4) is 0 Å². The van der Waals surface area contributed by atoms with Gasteiger partial charge in [-0.05, 0) is 17.5 Å². The predicted molar refractivity (Wildman–Crippen MR) is 112 cm³/mol. The Morgan fingerprint density at radius 1 is 0.964 bits per heavy atom. The highest BCUT2D eigenvalue weighted by Crippen LogP contribution is 2.33. The molecule has 2 N–H and O–H groups in total. The number of carbonyl (C=O) groups excluding carboxylic acids is 1. The van der Waals surface area contributed by atoms with Crippen molar-refractivity contribution in [1.82, 2.24) is 5.32 Å². The van der Waals surface area contributed by atoms with Gasteiger partial charge in [-0.25, -0.2) is 0 Å². The first-order chi connectivity index (χ1) is 13.3. The molecule has 0 spiro atoms. The number of amides is 1. The van der Waals surface area contributed by atoms with Crippen LogP contribution in [-0.4, -0.2) is 20.8 Å². The number of para-hydroxylation sites is 1. The van der Waals surface area contributed by atoms with Crippen LogP contribution in [0.2, 0.25) is 0 Å². The summed E-state index contributed by atoms with van der Waals surface area (Å²) in [5, 5.41) is 18.5. The minimum Gasteiger partial charge on any atom is -0.361 e. The first-order valence-electron chi connectivity index (χ1n) is 8.12. The van der Waals surface area contributed by atoms with E-state index in [2.05, 4.69) is 10.6 Å². The number of hydrogen-bond acceptors (Lipinski definition) is 4. The van der Waals surface area contributed by atoms with Crippen LogP contribution in [0, 0.1) is 10.1 Å². The molecule has 6 nitrogen and oxygen atoms in total. The number of halogens is 3. The van der Waals surface area contributed by atoms with Crippen LogP contribution in [0.25, 0.3) is 10.8 Å². The average molecular weight is 439 g/mol. The molecule has 0 aliphatic heterocycles. The number of carbonyl (C=O) groups is 1. The van der Waals surface area contributed by atoms with Crippen molar-refractivity contribution in [2.45, 2.75) is 9.96 Å². The molecule has 0 heterocycles. The fraction of sp³-hybridized carbons (Fsp3) is 0.105. The molecule has 1 amide bonds. The van der Waals surface area contributed by atoms with E-state index in [0.29, 0.717) is 5.69 Å². The van der Waals surface area contributed by atoms with Crippen LogP contribution in [0.1, 0.15) is 10.4 Å². The predicted octanol–water partition coefficient (Wildman–Crippen LogP) is 5.29. The SMILES string of the molecule is O=C(NC(Nc1cccc2ccccc12)C(Cl)(Cl)Cl)c1ccccc1[N+](=O)[O-]. The Kier molecular flexibility index (Phi) is 5.93. The second-order valence-corrected chi connectivity index (χ2v) is 8.26. The second-order valence-electron chi connectivity index (χ2n) is 5.89. The van der Waals surface area contributed by atoms with Crippen molar-refractivity contribution >= 4 is 62.9 Å². The third kappa shape index (κ3) is 4.47. The summed E-state index contributed by atoms with van der Waals surface area (Å²) in [5.74, 6) is -0.739. The standard InChI is InChI=1S/C19H14Cl3N3O3/c20-19(21,22)18(23-15-10-5-7-12-6-1-2-8-13(12)15)24-17(26)14-9-3-4-11-16(14)25(27)28/h1-11,18,23H,(H,24,26). The number of nitro benzene ring substituents is 1. The quantitative estimate of drug-likeness (QED) is 0.245. The largest absolute Gasteiger partial charge is 0.361 e. The molecule has 0 aliphatic rings. The first-order valence-corrected chi connectivity index (χ1v) is 9.26. The van der Waals surface area contributed by atoms with Gasteiger partial charge in [0.1, 0.15) is 11.7 Å². The van der Waals surface area contributed by atoms with Crippen molar-refractivity contribution in [3.05, 3.63) is 82.4 Å². The van der Waals surface area contributed by atoms with E-state index in [0.717, 1.165) is 10.8 Å². The Balaban J connectivity index is 1.92. The number of nitro groups is 1. The van der Waals surface area contributed by atoms with Crippen LogP contribution in [0.4, 0.5) is 11.4 Å². The summed E-state index contributed by atoms with van der Waals surface area (Å²) in [6.07, 6.45) is -1.14. The molecule has 0 saturated carbocycles. The van der Waals surface area contributed by atoms with Crippen molar-refractivity contribution in [2.75, 3.05) is 5.32 Å². The van der Waals surface area contributed by atoms with Crippen molar-refractivity contribution in [2.24, 2.45) is 0 Å². The maximum absolute atomic E-state index is 12.6. The van der Waals surface area contributed by atoms with Crippen molar-refractivity contribution < 1.29 is 9.72 Å². The van der Waals surface area contributed by atoms with E-state index >= 15 is 0 Å². The Labute approximate surface area is 175 Å². The molecule has 144 valence electrons. The summed E-state index contributed by atoms with van der Waals surface area (Å²) in [6.45, 7) is 0. The molecule has 3 aromatic carbocycles. The normalized spacial score (nSPS) is 12.4. The van der Waals surface area contributed by atoms with E-state index in [1.807, 2.05) is 36.4 Å². The number of nitrogens with zero attached hydrogens (tertiary/aromatic N) is 1. The highest BCUT2D eigenvalue weighted by molar-refractivity contribution is 6.68. The maximum atomic E-state index is 12.6. The van der Waals surface area contributed by atoms with E-state index < -0.39 is 20.8 Å². The highest BCUT2D eigenvalue weighted by atomic mass is 35.6. The van der Waals surface area contributed by atoms with Gasteiger partial charge < -0.3 is 10.6 Å². The molecular formula is C19H14Cl3N3O3. The summed E-state index contributed by atoms with van der Waals surface area (Å²) in [7, 11) is 0. The number of alkyl halides is 3. The smallest absolute Gasteiger partial charge is 0.282 e. The summed E-state index contributed by atoms with van der Waals surface area (Å²) in [5.41, 5.74) is 0.164. The van der Waals surface area contributed by atoms with E-state index in [9.17, 15) is 14.9 Å². The third-order valence-corrected chi connectivity index (χ3v) is 4.69. The molecule has 1 unspecified atom stereocenters. The molecule has 0 radical (unpaired) electrons. The topological polar surface area (TPSA) is 84.3 Å². The minimum absolute atomic E-state index is 0.133. The molecule has 3 rings (SSSR count). The van der Waals surface area contributed by atoms with Gasteiger partial charge in [-0.3, -0.25) is 14.9 Å². The second kappa shape index (κ2) is 8.22. The van der Waals surface area contributed by atoms with Crippen LogP contribution in [-0.2, 0) is 0 Å². The van der Waals surface area contributed by atoms with Gasteiger partial charge in [-0.15, -0.1) is 0 Å². The lowest BCUT2D eigenvalue weighted by molar-refractivity contribution is -0.385. The number of fused-ring (bicyclic) bond motifs is 1. The van der Waals surface area contributed by atoms with E-state index in [1.165, 1.54) is 24.3 Å². The monoisotopic (exact) mass is 437 g/mol. The van der Waals surface area contributed by atoms with E-state index in [1.54, 1.807) is 6.07 Å². The summed E-state index contributed by atoms with van der Waals surface area (Å²) in [6, 6.07) is 18.7. The Hall–Kier alpha value is -2.54. The van der Waals surface area contributed by atoms with Gasteiger partial charge in [0.25, 0.3) is 11.6 Å². The van der Waals surface area contributed by atoms with Crippen molar-refractivity contribution in [1.29, 1.82) is 0 Å². The maximum Gasteiger partial charge on any atom is 0.282 e. The van der Waals surface area contributed by atoms with Gasteiger partial charge >= 0.3 is 0 Å². The molecule has 0 saturated heterocycles. The first kappa shape index (κ1) is 20.2. The van der Waals surface area contributed by atoms with E-state index in [-0.39, 0.29) is 11.3 Å². The fourth-order valence-corrected chi connectivity index (χ4v) is 3.07. The molecule has 0 aliphatic carbocycles. The van der Waals surface area contributed by atoms with Gasteiger partial charge in [0.15, 0.2) is 0 Å². The van der Waals surface area contributed by atoms with Crippen LogP contribution < -0.4 is 10.6 Å². The zero-order chi connectivity index (χ0) is 20.3. The highest BCUT2D eigenvalue weighted by Gasteiger charge is 2.35. The Morgan fingerprint density at radius 2 is 1.61 bits per heavy atom. The number of rotatable bonds is 5. The minimum atomic E-state index is -1.92. The molecule has 1 atom stereocenters. The van der Waals surface area contributed by atoms with Crippen molar-refractivity contribution in [3.8, 4) is 0 Å². The lowest BCUT2D eigenvalue weighted by Crippen LogP contribution is -2.49. The molecule has 0 bridgehead atoms. The Morgan fingerprint density at radius 3 is 2.32 bits per heavy atom. The molecule has 28 heavy (non-hydrogen) atoms. The van der Waals surface area contributed by atoms with Crippen molar-refractivity contribution in [3.63, 3.8) is 0 Å².